The van der Waals surface area contributed by atoms with Crippen molar-refractivity contribution in [3.8, 4) is 6.07 Å². The Morgan fingerprint density at radius 3 is 2.57 bits per heavy atom. The number of aliphatic hydroxyl groups is 4. The molecular formula is C23H27N7O11P+. The monoisotopic (exact) mass is 608 g/mol. The van der Waals surface area contributed by atoms with Gasteiger partial charge in [-0.1, -0.05) is 0 Å². The van der Waals surface area contributed by atoms with E-state index in [0.29, 0.717) is 5.52 Å². The molecule has 2 fully saturated rings. The van der Waals surface area contributed by atoms with Gasteiger partial charge < -0.3 is 46.3 Å². The molecule has 0 aliphatic carbocycles. The molecule has 9 N–H and O–H groups in total. The van der Waals surface area contributed by atoms with Crippen molar-refractivity contribution in [2.24, 2.45) is 5.73 Å². The van der Waals surface area contributed by atoms with Crippen molar-refractivity contribution in [2.45, 2.75) is 48.5 Å². The van der Waals surface area contributed by atoms with E-state index in [0.717, 1.165) is 6.33 Å². The number of primary amides is 1. The first-order chi connectivity index (χ1) is 19.9. The first-order valence-electron chi connectivity index (χ1n) is 12.4. The lowest BCUT2D eigenvalue weighted by Crippen LogP contribution is -2.46. The number of fused-ring (bicyclic) bond motifs is 1. The summed E-state index contributed by atoms with van der Waals surface area (Å²) in [6, 6.07) is 7.63. The molecule has 1 amide bonds. The first-order valence-corrected chi connectivity index (χ1v) is 13.9. The summed E-state index contributed by atoms with van der Waals surface area (Å²) >= 11 is 0. The molecule has 2 aliphatic heterocycles. The average Bonchev–Trinajstić information content (AvgIpc) is 3.61. The minimum absolute atomic E-state index is 0.0197. The van der Waals surface area contributed by atoms with Gasteiger partial charge in [0.25, 0.3) is 12.1 Å². The number of hydrogen-bond donors (Lipinski definition) is 7. The summed E-state index contributed by atoms with van der Waals surface area (Å²) in [4.78, 5) is 25.5. The van der Waals surface area contributed by atoms with Crippen LogP contribution in [0.15, 0.2) is 43.0 Å². The Morgan fingerprint density at radius 1 is 1.17 bits per heavy atom. The minimum Gasteiger partial charge on any atom is -0.387 e. The van der Waals surface area contributed by atoms with Crippen molar-refractivity contribution in [1.29, 1.82) is 5.26 Å². The normalized spacial score (nSPS) is 32.5. The number of nitrogen functional groups attached to an aromatic ring is 1. The molecule has 19 heteroatoms. The second-order valence-corrected chi connectivity index (χ2v) is 11.1. The summed E-state index contributed by atoms with van der Waals surface area (Å²) in [6.45, 7) is -1.51. The van der Waals surface area contributed by atoms with E-state index in [1.807, 2.05) is 6.07 Å². The predicted octanol–water partition coefficient (Wildman–Crippen LogP) is -3.01. The van der Waals surface area contributed by atoms with Crippen LogP contribution >= 0.6 is 7.82 Å². The van der Waals surface area contributed by atoms with Crippen LogP contribution in [-0.4, -0.2) is 95.7 Å². The van der Waals surface area contributed by atoms with Gasteiger partial charge in [-0.15, -0.1) is 0 Å². The zero-order chi connectivity index (χ0) is 30.4. The van der Waals surface area contributed by atoms with Crippen LogP contribution in [0.25, 0.3) is 5.52 Å². The van der Waals surface area contributed by atoms with E-state index in [4.69, 9.17) is 30.0 Å². The van der Waals surface area contributed by atoms with Crippen molar-refractivity contribution in [3.63, 3.8) is 0 Å². The van der Waals surface area contributed by atoms with Crippen LogP contribution < -0.4 is 16.0 Å². The highest BCUT2D eigenvalue weighted by Gasteiger charge is 2.58. The van der Waals surface area contributed by atoms with Gasteiger partial charge in [-0.3, -0.25) is 13.8 Å². The minimum atomic E-state index is -4.90. The van der Waals surface area contributed by atoms with E-state index in [9.17, 15) is 39.9 Å². The van der Waals surface area contributed by atoms with Crippen LogP contribution in [0.3, 0.4) is 0 Å². The molecule has 0 bridgehead atoms. The lowest BCUT2D eigenvalue weighted by molar-refractivity contribution is -0.765. The van der Waals surface area contributed by atoms with Gasteiger partial charge in [-0.25, -0.2) is 14.1 Å². The number of nitrogens with two attached hydrogens (primary N) is 2. The van der Waals surface area contributed by atoms with Gasteiger partial charge >= 0.3 is 7.82 Å². The summed E-state index contributed by atoms with van der Waals surface area (Å²) < 4.78 is 36.2. The molecule has 0 radical (unpaired) electrons. The summed E-state index contributed by atoms with van der Waals surface area (Å²) in [7, 11) is -4.90. The Morgan fingerprint density at radius 2 is 1.88 bits per heavy atom. The number of hydrogen-bond acceptors (Lipinski definition) is 14. The summed E-state index contributed by atoms with van der Waals surface area (Å²) in [6.07, 6.45) is -6.68. The SMILES string of the molecule is N#C[C@@]1(c2ccc3c(N)ncnn23)O[C@H](COP(=O)(O)OC[C@H]2O[C@@H]([n+]3cccc(C(N)=O)c3)[C@H](O)[C@@H]2O)[C@@H](O)[C@H]1O. The Labute approximate surface area is 236 Å². The van der Waals surface area contributed by atoms with Crippen LogP contribution in [0.5, 0.6) is 0 Å². The van der Waals surface area contributed by atoms with E-state index < -0.39 is 75.4 Å². The lowest BCUT2D eigenvalue weighted by Gasteiger charge is -2.24. The fourth-order valence-electron chi connectivity index (χ4n) is 4.83. The van der Waals surface area contributed by atoms with Gasteiger partial charge in [0.15, 0.2) is 24.3 Å². The zero-order valence-corrected chi connectivity index (χ0v) is 22.4. The Bertz CT molecular complexity index is 1580. The molecule has 42 heavy (non-hydrogen) atoms. The highest BCUT2D eigenvalue weighted by Crippen LogP contribution is 2.46. The Balaban J connectivity index is 1.23. The zero-order valence-electron chi connectivity index (χ0n) is 21.5. The topological polar surface area (TPSA) is 282 Å². The maximum Gasteiger partial charge on any atom is 0.472 e. The van der Waals surface area contributed by atoms with E-state index in [1.165, 1.54) is 45.7 Å². The average molecular weight is 608 g/mol. The van der Waals surface area contributed by atoms with Gasteiger partial charge in [0.05, 0.1) is 18.9 Å². The van der Waals surface area contributed by atoms with Gasteiger partial charge in [-0.05, 0) is 18.2 Å². The third-order valence-electron chi connectivity index (χ3n) is 7.03. The summed E-state index contributed by atoms with van der Waals surface area (Å²) in [5.41, 5.74) is 9.38. The largest absolute Gasteiger partial charge is 0.472 e. The van der Waals surface area contributed by atoms with E-state index >= 15 is 0 Å². The molecule has 2 aliphatic rings. The molecule has 1 unspecified atom stereocenters. The standard InChI is InChI=1S/C23H26N7O11P/c24-9-23(15-4-3-12-20(25)27-10-28-30(12)15)19(34)17(32)14(41-23)8-39-42(36,37)38-7-13-16(31)18(33)22(40-13)29-5-1-2-11(6-29)21(26)35/h1-6,10,13-14,16-19,22,31-34H,7-8H2,(H4-,25,26,27,28,35,36,37)/p+1/t13-,14-,16-,17-,18-,19-,22-,23+/m1/s1. The number of amides is 1. The van der Waals surface area contributed by atoms with Crippen molar-refractivity contribution in [2.75, 3.05) is 18.9 Å². The molecule has 5 heterocycles. The quantitative estimate of drug-likeness (QED) is 0.0940. The van der Waals surface area contributed by atoms with E-state index in [1.54, 1.807) is 0 Å². The number of carbonyl (C=O) groups is 1. The van der Waals surface area contributed by atoms with Crippen molar-refractivity contribution >= 4 is 25.1 Å². The number of nitriles is 1. The number of aliphatic hydroxyl groups excluding tert-OH is 4. The number of phosphoric acid groups is 1. The third-order valence-corrected chi connectivity index (χ3v) is 7.98. The highest BCUT2D eigenvalue weighted by atomic mass is 31.2. The molecular weight excluding hydrogens is 581 g/mol. The molecule has 18 nitrogen and oxygen atoms in total. The summed E-state index contributed by atoms with van der Waals surface area (Å²) in [5.74, 6) is -0.643. The number of rotatable bonds is 9. The van der Waals surface area contributed by atoms with Crippen LogP contribution in [0.4, 0.5) is 5.82 Å². The third kappa shape index (κ3) is 5.23. The number of pyridine rings is 1. The number of phosphoric ester groups is 1. The molecule has 9 atom stereocenters. The van der Waals surface area contributed by atoms with Gasteiger partial charge in [0, 0.05) is 6.07 Å². The molecule has 3 aromatic rings. The molecule has 3 aromatic heterocycles. The number of aromatic nitrogens is 4. The van der Waals surface area contributed by atoms with Crippen molar-refractivity contribution in [3.05, 3.63) is 54.2 Å². The van der Waals surface area contributed by atoms with Gasteiger partial charge in [-0.2, -0.15) is 14.9 Å². The van der Waals surface area contributed by atoms with Gasteiger partial charge in [0.2, 0.25) is 5.60 Å². The first kappa shape index (κ1) is 29.9. The van der Waals surface area contributed by atoms with E-state index in [2.05, 4.69) is 10.1 Å². The fourth-order valence-corrected chi connectivity index (χ4v) is 5.58. The van der Waals surface area contributed by atoms with Crippen LogP contribution in [0.1, 0.15) is 22.3 Å². The maximum atomic E-state index is 12.6. The molecule has 224 valence electrons. The highest BCUT2D eigenvalue weighted by molar-refractivity contribution is 7.47. The molecule has 0 saturated carbocycles. The van der Waals surface area contributed by atoms with Crippen molar-refractivity contribution < 1.29 is 57.8 Å². The second-order valence-electron chi connectivity index (χ2n) is 9.61. The van der Waals surface area contributed by atoms with Gasteiger partial charge in [0.1, 0.15) is 54.0 Å². The predicted molar refractivity (Wildman–Crippen MR) is 134 cm³/mol. The van der Waals surface area contributed by atoms with E-state index in [-0.39, 0.29) is 17.1 Å². The van der Waals surface area contributed by atoms with Crippen molar-refractivity contribution in [1.82, 2.24) is 14.6 Å². The fraction of sp³-hybridized carbons (Fsp3) is 0.435. The molecule has 0 aromatic carbocycles. The second kappa shape index (κ2) is 11.2. The molecule has 5 rings (SSSR count). The van der Waals surface area contributed by atoms with Crippen LogP contribution in [0.2, 0.25) is 0 Å². The number of ether oxygens (including phenoxy) is 2. The number of anilines is 1. The number of nitrogens with zero attached hydrogens (tertiary/aromatic N) is 5. The molecule has 2 saturated heterocycles. The summed E-state index contributed by atoms with van der Waals surface area (Å²) in [5, 5.41) is 56.2. The maximum absolute atomic E-state index is 12.6. The molecule has 0 spiro atoms. The lowest BCUT2D eigenvalue weighted by atomic mass is 9.92. The smallest absolute Gasteiger partial charge is 0.387 e. The number of carbonyl (C=O) groups excluding carboxylic acids is 1. The Kier molecular flexibility index (Phi) is 8.00. The van der Waals surface area contributed by atoms with Crippen LogP contribution in [0, 0.1) is 11.3 Å². The Hall–Kier alpha value is -3.60. The van der Waals surface area contributed by atoms with Crippen LogP contribution in [-0.2, 0) is 28.7 Å².